The van der Waals surface area contributed by atoms with Crippen LogP contribution in [0.3, 0.4) is 0 Å². The van der Waals surface area contributed by atoms with Crippen molar-refractivity contribution >= 4 is 5.69 Å². The van der Waals surface area contributed by atoms with Gasteiger partial charge in [-0.25, -0.2) is 0 Å². The lowest BCUT2D eigenvalue weighted by atomic mass is 10.6. The third-order valence-corrected chi connectivity index (χ3v) is 0.627. The maximum atomic E-state index is 6.83. The molecule has 0 unspecified atom stereocenters. The van der Waals surface area contributed by atoms with Crippen LogP contribution in [-0.2, 0) is 0 Å². The Morgan fingerprint density at radius 2 is 3.00 bits per heavy atom. The lowest BCUT2D eigenvalue weighted by Gasteiger charge is -1.84. The van der Waals surface area contributed by atoms with Crippen molar-refractivity contribution in [3.63, 3.8) is 0 Å². The maximum absolute atomic E-state index is 6.83. The van der Waals surface area contributed by atoms with Crippen LogP contribution in [0.15, 0.2) is 12.4 Å². The predicted octanol–water partition coefficient (Wildman–Crippen LogP) is -0.305. The highest BCUT2D eigenvalue weighted by Crippen LogP contribution is 1.94. The zero-order valence-electron chi connectivity index (χ0n) is 4.63. The average Bonchev–Trinajstić information content (AvgIpc) is 2.14. The summed E-state index contributed by atoms with van der Waals surface area (Å²) in [6.07, 6.45) is 2.92. The Hall–Kier alpha value is -1.03. The summed E-state index contributed by atoms with van der Waals surface area (Å²) in [5.74, 6) is 4.98. The molecule has 7 heavy (non-hydrogen) atoms. The number of nitrogen functional groups attached to an aromatic ring is 1. The summed E-state index contributed by atoms with van der Waals surface area (Å²) < 4.78 is 6.83. The molecular weight excluding hydrogens is 92.1 g/mol. The van der Waals surface area contributed by atoms with Crippen molar-refractivity contribution in [2.75, 3.05) is 5.43 Å². The van der Waals surface area contributed by atoms with Gasteiger partial charge in [-0.3, -0.25) is 10.9 Å². The first-order valence-corrected chi connectivity index (χ1v) is 1.83. The van der Waals surface area contributed by atoms with E-state index in [0.717, 1.165) is 5.09 Å². The van der Waals surface area contributed by atoms with Gasteiger partial charge in [-0.05, 0) is 0 Å². The molecule has 0 saturated heterocycles. The zero-order chi connectivity index (χ0) is 5.98. The van der Waals surface area contributed by atoms with Crippen LogP contribution in [0.25, 0.3) is 0 Å². The molecular formula is C3H6N4. The third kappa shape index (κ3) is 0.690. The summed E-state index contributed by atoms with van der Waals surface area (Å²) in [5, 5.41) is 4.45. The van der Waals surface area contributed by atoms with Gasteiger partial charge in [-0.15, -0.1) is 0 Å². The molecule has 1 aromatic rings. The summed E-state index contributed by atoms with van der Waals surface area (Å²) >= 11 is 0. The Bertz CT molecular complexity index is 172. The number of anilines is 1. The second-order valence-electron chi connectivity index (χ2n) is 1.09. The van der Waals surface area contributed by atoms with Crippen LogP contribution in [0.4, 0.5) is 5.69 Å². The third-order valence-electron chi connectivity index (χ3n) is 0.627. The summed E-state index contributed by atoms with van der Waals surface area (Å²) in [7, 11) is 0. The van der Waals surface area contributed by atoms with Gasteiger partial charge in [0.05, 0.1) is 11.9 Å². The predicted molar refractivity (Wildman–Crippen MR) is 26.4 cm³/mol. The molecule has 4 N–H and O–H groups in total. The Balaban J connectivity index is 2.84. The van der Waals surface area contributed by atoms with E-state index in [9.17, 15) is 0 Å². The van der Waals surface area contributed by atoms with Crippen molar-refractivity contribution in [2.45, 2.75) is 0 Å². The van der Waals surface area contributed by atoms with Gasteiger partial charge in [0.2, 0.25) is 0 Å². The fourth-order valence-corrected chi connectivity index (χ4v) is 0.299. The number of nitrogens with two attached hydrogens (primary N) is 1. The quantitative estimate of drug-likeness (QED) is 0.334. The van der Waals surface area contributed by atoms with Crippen LogP contribution in [-0.4, -0.2) is 10.2 Å². The summed E-state index contributed by atoms with van der Waals surface area (Å²) in [6, 6.07) is 0. The van der Waals surface area contributed by atoms with E-state index in [0.29, 0.717) is 5.69 Å². The second-order valence-corrected chi connectivity index (χ2v) is 1.09. The Labute approximate surface area is 42.2 Å². The van der Waals surface area contributed by atoms with Crippen LogP contribution >= 0.6 is 0 Å². The molecule has 0 aliphatic carbocycles. The fourth-order valence-electron chi connectivity index (χ4n) is 0.299. The van der Waals surface area contributed by atoms with Gasteiger partial charge in [0.25, 0.3) is 0 Å². The van der Waals surface area contributed by atoms with Crippen LogP contribution in [0.1, 0.15) is 0 Å². The standard InChI is InChI=1S/C3H6N4/c4-7-3-1-5-6-2-3/h1-2,7H,4H2,(H,5,6)/i/hD. The van der Waals surface area contributed by atoms with E-state index in [4.69, 9.17) is 7.25 Å². The molecule has 0 aliphatic heterocycles. The molecule has 0 fully saturated rings. The fraction of sp³-hybridized carbons (Fsp3) is 0. The minimum atomic E-state index is 0.639. The van der Waals surface area contributed by atoms with Crippen LogP contribution in [0.5, 0.6) is 0 Å². The number of H-pyrrole nitrogens is 1. The molecule has 38 valence electrons. The minimum Gasteiger partial charge on any atom is -0.321 e. The first-order chi connectivity index (χ1) is 3.83. The Morgan fingerprint density at radius 1 is 2.14 bits per heavy atom. The molecule has 0 bridgehead atoms. The zero-order valence-corrected chi connectivity index (χ0v) is 3.63. The van der Waals surface area contributed by atoms with Gasteiger partial charge < -0.3 is 5.43 Å². The molecule has 0 spiro atoms. The van der Waals surface area contributed by atoms with Crippen LogP contribution in [0.2, 0.25) is 1.41 Å². The van der Waals surface area contributed by atoms with E-state index in [1.54, 1.807) is 0 Å². The smallest absolute Gasteiger partial charge is 0.189 e. The number of nitrogens with one attached hydrogen (secondary N) is 2. The number of aromatic amines is 1. The molecule has 0 radical (unpaired) electrons. The summed E-state index contributed by atoms with van der Waals surface area (Å²) in [4.78, 5) is 0. The molecule has 1 rings (SSSR count). The van der Waals surface area contributed by atoms with Crippen LogP contribution < -0.4 is 11.3 Å². The molecule has 0 saturated carbocycles. The number of hydrogen-bond donors (Lipinski definition) is 3. The summed E-state index contributed by atoms with van der Waals surface area (Å²) in [5.41, 5.74) is 2.98. The van der Waals surface area contributed by atoms with Gasteiger partial charge >= 0.3 is 0 Å². The molecule has 0 amide bonds. The highest BCUT2D eigenvalue weighted by molar-refractivity contribution is 5.35. The largest absolute Gasteiger partial charge is 0.321 e. The second kappa shape index (κ2) is 1.61. The number of hydrazine groups is 1. The Morgan fingerprint density at radius 3 is 3.29 bits per heavy atom. The normalized spacial score (nSPS) is 10.7. The maximum Gasteiger partial charge on any atom is 0.189 e. The minimum absolute atomic E-state index is 0.639. The van der Waals surface area contributed by atoms with Crippen molar-refractivity contribution in [1.29, 1.82) is 0 Å². The molecule has 1 aromatic heterocycles. The van der Waals surface area contributed by atoms with Gasteiger partial charge in [-0.1, -0.05) is 0 Å². The summed E-state index contributed by atoms with van der Waals surface area (Å²) in [6.45, 7) is 0. The first-order valence-electron chi connectivity index (χ1n) is 2.28. The van der Waals surface area contributed by atoms with E-state index >= 15 is 0 Å². The van der Waals surface area contributed by atoms with Crippen LogP contribution in [0, 0.1) is 0 Å². The molecule has 4 heteroatoms. The molecule has 0 atom stereocenters. The van der Waals surface area contributed by atoms with Gasteiger partial charge in [-0.2, -0.15) is 5.10 Å². The number of nitrogens with zero attached hydrogens (tertiary/aromatic N) is 1. The average molecular weight is 99.1 g/mol. The van der Waals surface area contributed by atoms with E-state index in [2.05, 4.69) is 10.5 Å². The van der Waals surface area contributed by atoms with Crippen molar-refractivity contribution < 1.29 is 1.41 Å². The van der Waals surface area contributed by atoms with Crippen molar-refractivity contribution in [3.8, 4) is 0 Å². The van der Waals surface area contributed by atoms with E-state index in [-0.39, 0.29) is 0 Å². The molecule has 1 heterocycles. The first kappa shape index (κ1) is 3.04. The van der Waals surface area contributed by atoms with Crippen molar-refractivity contribution in [1.82, 2.24) is 10.2 Å². The van der Waals surface area contributed by atoms with E-state index in [1.807, 2.05) is 0 Å². The SMILES string of the molecule is [2H]n1cc(NN)cn1. The number of aromatic nitrogens is 2. The molecule has 4 nitrogen and oxygen atoms in total. The van der Waals surface area contributed by atoms with Crippen molar-refractivity contribution in [2.24, 2.45) is 5.84 Å². The molecule has 0 aromatic carbocycles. The topological polar surface area (TPSA) is 66.7 Å². The van der Waals surface area contributed by atoms with Gasteiger partial charge in [0, 0.05) is 6.20 Å². The number of hydrogen-bond acceptors (Lipinski definition) is 3. The van der Waals surface area contributed by atoms with E-state index in [1.165, 1.54) is 12.4 Å². The number of rotatable bonds is 1. The highest BCUT2D eigenvalue weighted by atomic mass is 15.2. The van der Waals surface area contributed by atoms with Gasteiger partial charge in [0.1, 0.15) is 0 Å². The van der Waals surface area contributed by atoms with Gasteiger partial charge in [0.15, 0.2) is 1.41 Å². The molecule has 0 aliphatic rings. The monoisotopic (exact) mass is 99.1 g/mol. The lowest BCUT2D eigenvalue weighted by Crippen LogP contribution is -2.04. The van der Waals surface area contributed by atoms with E-state index < -0.39 is 0 Å². The lowest BCUT2D eigenvalue weighted by molar-refractivity contribution is 1.09. The highest BCUT2D eigenvalue weighted by Gasteiger charge is 1.81. The Kier molecular flexibility index (Phi) is 0.699. The van der Waals surface area contributed by atoms with Crippen molar-refractivity contribution in [3.05, 3.63) is 12.4 Å².